The van der Waals surface area contributed by atoms with E-state index >= 15 is 0 Å². The van der Waals surface area contributed by atoms with Gasteiger partial charge in [0.1, 0.15) is 0 Å². The number of carbonyl (C=O) groups excluding carboxylic acids is 1. The van der Waals surface area contributed by atoms with Gasteiger partial charge in [0.05, 0.1) is 17.7 Å². The van der Waals surface area contributed by atoms with Crippen molar-refractivity contribution in [3.8, 4) is 6.07 Å². The molecule has 4 nitrogen and oxygen atoms in total. The Morgan fingerprint density at radius 3 is 2.53 bits per heavy atom. The van der Waals surface area contributed by atoms with Crippen LogP contribution in [0.4, 0.5) is 0 Å². The van der Waals surface area contributed by atoms with Crippen LogP contribution in [0.5, 0.6) is 0 Å². The molecule has 1 rings (SSSR count). The fourth-order valence-electron chi connectivity index (χ4n) is 1.49. The van der Waals surface area contributed by atoms with Crippen LogP contribution in [0, 0.1) is 11.3 Å². The van der Waals surface area contributed by atoms with Gasteiger partial charge in [0, 0.05) is 13.6 Å². The number of nitriles is 1. The summed E-state index contributed by atoms with van der Waals surface area (Å²) in [6.45, 7) is 2.40. The van der Waals surface area contributed by atoms with Crippen LogP contribution in [0.1, 0.15) is 24.5 Å². The summed E-state index contributed by atoms with van der Waals surface area (Å²) in [4.78, 5) is 13.4. The molecule has 0 radical (unpaired) electrons. The zero-order chi connectivity index (χ0) is 12.8. The van der Waals surface area contributed by atoms with Crippen molar-refractivity contribution in [3.05, 3.63) is 35.4 Å². The van der Waals surface area contributed by atoms with Gasteiger partial charge in [-0.15, -0.1) is 0 Å². The second-order valence-corrected chi connectivity index (χ2v) is 4.02. The number of amides is 1. The molecule has 0 aliphatic carbocycles. The fraction of sp³-hybridized carbons (Fsp3) is 0.385. The Labute approximate surface area is 102 Å². The highest BCUT2D eigenvalue weighted by atomic mass is 16.2. The molecule has 0 aliphatic rings. The largest absolute Gasteiger partial charge is 0.340 e. The van der Waals surface area contributed by atoms with E-state index in [1.54, 1.807) is 24.1 Å². The molecule has 1 aromatic carbocycles. The molecule has 0 spiro atoms. The van der Waals surface area contributed by atoms with Crippen molar-refractivity contribution in [2.24, 2.45) is 5.73 Å². The molecule has 17 heavy (non-hydrogen) atoms. The lowest BCUT2D eigenvalue weighted by Crippen LogP contribution is -2.40. The molecule has 4 heteroatoms. The van der Waals surface area contributed by atoms with Crippen molar-refractivity contribution >= 4 is 5.91 Å². The first-order valence-electron chi connectivity index (χ1n) is 5.58. The number of hydrogen-bond donors (Lipinski definition) is 1. The molecule has 0 saturated carbocycles. The zero-order valence-electron chi connectivity index (χ0n) is 10.2. The normalized spacial score (nSPS) is 11.6. The number of rotatable bonds is 4. The summed E-state index contributed by atoms with van der Waals surface area (Å²) in [5.41, 5.74) is 7.29. The average molecular weight is 231 g/mol. The van der Waals surface area contributed by atoms with Gasteiger partial charge in [-0.2, -0.15) is 5.26 Å². The Hall–Kier alpha value is -1.86. The van der Waals surface area contributed by atoms with Crippen LogP contribution < -0.4 is 5.73 Å². The second kappa shape index (κ2) is 6.02. The summed E-state index contributed by atoms with van der Waals surface area (Å²) in [5, 5.41) is 8.67. The maximum Gasteiger partial charge on any atom is 0.239 e. The number of nitrogens with two attached hydrogens (primary N) is 1. The average Bonchev–Trinajstić information content (AvgIpc) is 2.37. The minimum Gasteiger partial charge on any atom is -0.340 e. The molecule has 0 heterocycles. The summed E-state index contributed by atoms with van der Waals surface area (Å²) in [7, 11) is 1.73. The Bertz CT molecular complexity index is 419. The maximum absolute atomic E-state index is 11.8. The molecule has 0 fully saturated rings. The molecular weight excluding hydrogens is 214 g/mol. The van der Waals surface area contributed by atoms with Gasteiger partial charge in [-0.3, -0.25) is 4.79 Å². The lowest BCUT2D eigenvalue weighted by molar-refractivity contribution is -0.131. The number of likely N-dealkylation sites (N-methyl/N-ethyl adjacent to an activating group) is 1. The standard InChI is InChI=1S/C13H17N3O/c1-3-12(15)13(17)16(2)9-11-6-4-10(8-14)5-7-11/h4-7,12H,3,9,15H2,1-2H3/t12-/m1/s1. The third-order valence-electron chi connectivity index (χ3n) is 2.64. The van der Waals surface area contributed by atoms with Gasteiger partial charge >= 0.3 is 0 Å². The van der Waals surface area contributed by atoms with E-state index in [4.69, 9.17) is 11.0 Å². The molecule has 0 saturated heterocycles. The van der Waals surface area contributed by atoms with E-state index in [1.807, 2.05) is 19.1 Å². The van der Waals surface area contributed by atoms with E-state index in [0.717, 1.165) is 5.56 Å². The molecule has 2 N–H and O–H groups in total. The molecule has 1 amide bonds. The van der Waals surface area contributed by atoms with Crippen molar-refractivity contribution in [3.63, 3.8) is 0 Å². The van der Waals surface area contributed by atoms with Gasteiger partial charge in [0.25, 0.3) is 0 Å². The molecule has 1 atom stereocenters. The van der Waals surface area contributed by atoms with Crippen LogP contribution in [0.3, 0.4) is 0 Å². The van der Waals surface area contributed by atoms with E-state index in [0.29, 0.717) is 18.5 Å². The van der Waals surface area contributed by atoms with Gasteiger partial charge in [-0.1, -0.05) is 19.1 Å². The van der Waals surface area contributed by atoms with E-state index in [2.05, 4.69) is 6.07 Å². The van der Waals surface area contributed by atoms with Crippen LogP contribution in [-0.2, 0) is 11.3 Å². The fourth-order valence-corrected chi connectivity index (χ4v) is 1.49. The minimum atomic E-state index is -0.432. The number of nitrogens with zero attached hydrogens (tertiary/aromatic N) is 2. The smallest absolute Gasteiger partial charge is 0.239 e. The maximum atomic E-state index is 11.8. The monoisotopic (exact) mass is 231 g/mol. The molecule has 1 aromatic rings. The first-order chi connectivity index (χ1) is 8.08. The van der Waals surface area contributed by atoms with E-state index in [1.165, 1.54) is 0 Å². The minimum absolute atomic E-state index is 0.0585. The highest BCUT2D eigenvalue weighted by molar-refractivity contribution is 5.81. The summed E-state index contributed by atoms with van der Waals surface area (Å²) < 4.78 is 0. The molecule has 0 aromatic heterocycles. The van der Waals surface area contributed by atoms with Gasteiger partial charge < -0.3 is 10.6 Å². The number of benzene rings is 1. The second-order valence-electron chi connectivity index (χ2n) is 4.02. The molecular formula is C13H17N3O. The van der Waals surface area contributed by atoms with E-state index in [-0.39, 0.29) is 5.91 Å². The molecule has 90 valence electrons. The molecule has 0 bridgehead atoms. The summed E-state index contributed by atoms with van der Waals surface area (Å²) in [5.74, 6) is -0.0585. The SMILES string of the molecule is CC[C@@H](N)C(=O)N(C)Cc1ccc(C#N)cc1. The Balaban J connectivity index is 2.65. The van der Waals surface area contributed by atoms with Crippen molar-refractivity contribution in [2.45, 2.75) is 25.9 Å². The quantitative estimate of drug-likeness (QED) is 0.847. The number of hydrogen-bond acceptors (Lipinski definition) is 3. The first-order valence-corrected chi connectivity index (χ1v) is 5.58. The van der Waals surface area contributed by atoms with Crippen LogP contribution in [0.25, 0.3) is 0 Å². The van der Waals surface area contributed by atoms with Crippen LogP contribution in [0.15, 0.2) is 24.3 Å². The topological polar surface area (TPSA) is 70.1 Å². The predicted molar refractivity (Wildman–Crippen MR) is 65.9 cm³/mol. The van der Waals surface area contributed by atoms with Gasteiger partial charge in [0.15, 0.2) is 0 Å². The van der Waals surface area contributed by atoms with Crippen molar-refractivity contribution in [2.75, 3.05) is 7.05 Å². The Morgan fingerprint density at radius 2 is 2.06 bits per heavy atom. The lowest BCUT2D eigenvalue weighted by atomic mass is 10.1. The summed E-state index contributed by atoms with van der Waals surface area (Å²) in [6.07, 6.45) is 0.635. The zero-order valence-corrected chi connectivity index (χ0v) is 10.2. The first kappa shape index (κ1) is 13.2. The predicted octanol–water partition coefficient (Wildman–Crippen LogP) is 1.25. The van der Waals surface area contributed by atoms with Crippen molar-refractivity contribution in [1.29, 1.82) is 5.26 Å². The van der Waals surface area contributed by atoms with Crippen LogP contribution in [0.2, 0.25) is 0 Å². The van der Waals surface area contributed by atoms with Crippen LogP contribution >= 0.6 is 0 Å². The molecule has 0 unspecified atom stereocenters. The highest BCUT2D eigenvalue weighted by Gasteiger charge is 2.15. The third kappa shape index (κ3) is 3.58. The summed E-state index contributed by atoms with van der Waals surface area (Å²) in [6, 6.07) is 8.81. The van der Waals surface area contributed by atoms with Crippen molar-refractivity contribution in [1.82, 2.24) is 4.90 Å². The van der Waals surface area contributed by atoms with E-state index < -0.39 is 6.04 Å². The lowest BCUT2D eigenvalue weighted by Gasteiger charge is -2.20. The summed E-state index contributed by atoms with van der Waals surface area (Å²) >= 11 is 0. The van der Waals surface area contributed by atoms with Crippen LogP contribution in [-0.4, -0.2) is 23.9 Å². The van der Waals surface area contributed by atoms with Gasteiger partial charge in [-0.05, 0) is 24.1 Å². The number of carbonyl (C=O) groups is 1. The van der Waals surface area contributed by atoms with Gasteiger partial charge in [-0.25, -0.2) is 0 Å². The highest BCUT2D eigenvalue weighted by Crippen LogP contribution is 2.07. The Kier molecular flexibility index (Phi) is 4.68. The Morgan fingerprint density at radius 1 is 1.47 bits per heavy atom. The van der Waals surface area contributed by atoms with Gasteiger partial charge in [0.2, 0.25) is 5.91 Å². The third-order valence-corrected chi connectivity index (χ3v) is 2.64. The van der Waals surface area contributed by atoms with E-state index in [9.17, 15) is 4.79 Å². The molecule has 0 aliphatic heterocycles. The van der Waals surface area contributed by atoms with Crippen molar-refractivity contribution < 1.29 is 4.79 Å².